The molecular weight excluding hydrogens is 331 g/mol. The van der Waals surface area contributed by atoms with Gasteiger partial charge < -0.3 is 10.6 Å². The van der Waals surface area contributed by atoms with E-state index in [1.165, 1.54) is 5.56 Å². The van der Waals surface area contributed by atoms with Gasteiger partial charge in [0.2, 0.25) is 0 Å². The molecule has 0 aliphatic heterocycles. The van der Waals surface area contributed by atoms with Gasteiger partial charge in [0.15, 0.2) is 5.67 Å². The summed E-state index contributed by atoms with van der Waals surface area (Å²) >= 11 is 0. The van der Waals surface area contributed by atoms with E-state index in [2.05, 4.69) is 38.8 Å². The van der Waals surface area contributed by atoms with Crippen LogP contribution in [0.25, 0.3) is 0 Å². The molecule has 1 heterocycles. The van der Waals surface area contributed by atoms with Gasteiger partial charge in [0.1, 0.15) is 12.1 Å². The van der Waals surface area contributed by atoms with Crippen molar-refractivity contribution in [3.63, 3.8) is 0 Å². The molecule has 136 valence electrons. The minimum absolute atomic E-state index is 0.0778. The summed E-state index contributed by atoms with van der Waals surface area (Å²) in [5.74, 6) is 0.360. The van der Waals surface area contributed by atoms with Gasteiger partial charge in [-0.25, -0.2) is 14.4 Å². The van der Waals surface area contributed by atoms with Crippen molar-refractivity contribution in [3.8, 4) is 0 Å². The maximum Gasteiger partial charge on any atom is 0.258 e. The van der Waals surface area contributed by atoms with Crippen LogP contribution >= 0.6 is 0 Å². The molecule has 0 spiro atoms. The largest absolute Gasteiger partial charge is 0.366 e. The molecule has 1 unspecified atom stereocenters. The summed E-state index contributed by atoms with van der Waals surface area (Å²) in [4.78, 5) is 20.4. The Morgan fingerprint density at radius 3 is 2.92 bits per heavy atom. The first-order valence-electron chi connectivity index (χ1n) is 9.18. The lowest BCUT2D eigenvalue weighted by Gasteiger charge is -2.27. The second-order valence-corrected chi connectivity index (χ2v) is 7.31. The fourth-order valence-corrected chi connectivity index (χ4v) is 3.50. The lowest BCUT2D eigenvalue weighted by atomic mass is 9.86. The zero-order chi connectivity index (χ0) is 18.1. The highest BCUT2D eigenvalue weighted by molar-refractivity contribution is 5.88. The van der Waals surface area contributed by atoms with Crippen LogP contribution in [0.1, 0.15) is 54.1 Å². The average Bonchev–Trinajstić information content (AvgIpc) is 3.39. The Morgan fingerprint density at radius 2 is 2.15 bits per heavy atom. The lowest BCUT2D eigenvalue weighted by molar-refractivity contribution is -0.128. The van der Waals surface area contributed by atoms with E-state index in [-0.39, 0.29) is 6.04 Å². The van der Waals surface area contributed by atoms with Crippen LogP contribution in [0.5, 0.6) is 0 Å². The lowest BCUT2D eigenvalue weighted by Crippen LogP contribution is -2.37. The molecule has 1 atom stereocenters. The highest BCUT2D eigenvalue weighted by atomic mass is 19.1. The van der Waals surface area contributed by atoms with E-state index in [1.807, 2.05) is 13.0 Å². The highest BCUT2D eigenvalue weighted by Crippen LogP contribution is 2.41. The van der Waals surface area contributed by atoms with E-state index >= 15 is 0 Å². The molecule has 1 fully saturated rings. The first-order chi connectivity index (χ1) is 12.5. The predicted molar refractivity (Wildman–Crippen MR) is 97.4 cm³/mol. The van der Waals surface area contributed by atoms with E-state index in [0.29, 0.717) is 19.4 Å². The molecule has 2 aliphatic rings. The minimum atomic E-state index is -1.61. The van der Waals surface area contributed by atoms with Crippen LogP contribution in [0.3, 0.4) is 0 Å². The molecule has 2 aliphatic carbocycles. The minimum Gasteiger partial charge on any atom is -0.366 e. The Bertz CT molecular complexity index is 834. The molecular formula is C20H23FN4O. The van der Waals surface area contributed by atoms with Crippen LogP contribution in [0.2, 0.25) is 0 Å². The molecule has 26 heavy (non-hydrogen) atoms. The van der Waals surface area contributed by atoms with Crippen molar-refractivity contribution in [2.75, 3.05) is 5.32 Å². The van der Waals surface area contributed by atoms with Crippen LogP contribution in [0, 0.1) is 6.92 Å². The number of nitrogens with one attached hydrogen (secondary N) is 2. The number of hydrogen-bond donors (Lipinski definition) is 2. The van der Waals surface area contributed by atoms with Crippen molar-refractivity contribution in [2.45, 2.75) is 57.3 Å². The van der Waals surface area contributed by atoms with E-state index < -0.39 is 11.6 Å². The van der Waals surface area contributed by atoms with Crippen LogP contribution in [0.4, 0.5) is 10.2 Å². The maximum atomic E-state index is 13.9. The average molecular weight is 354 g/mol. The molecule has 2 aromatic rings. The van der Waals surface area contributed by atoms with Gasteiger partial charge in [0.25, 0.3) is 5.91 Å². The van der Waals surface area contributed by atoms with E-state index in [1.54, 1.807) is 6.33 Å². The van der Waals surface area contributed by atoms with Gasteiger partial charge >= 0.3 is 0 Å². The van der Waals surface area contributed by atoms with E-state index in [9.17, 15) is 9.18 Å². The fourth-order valence-electron chi connectivity index (χ4n) is 3.50. The van der Waals surface area contributed by atoms with E-state index in [0.717, 1.165) is 41.9 Å². The van der Waals surface area contributed by atoms with Crippen LogP contribution in [-0.2, 0) is 17.8 Å². The number of halogens is 1. The number of alkyl halides is 1. The van der Waals surface area contributed by atoms with Crippen molar-refractivity contribution in [2.24, 2.45) is 0 Å². The van der Waals surface area contributed by atoms with Crippen molar-refractivity contribution in [1.29, 1.82) is 0 Å². The molecule has 4 rings (SSSR count). The van der Waals surface area contributed by atoms with Gasteiger partial charge in [-0.1, -0.05) is 18.2 Å². The Balaban J connectivity index is 1.45. The van der Waals surface area contributed by atoms with Crippen molar-refractivity contribution < 1.29 is 9.18 Å². The number of rotatable bonds is 5. The summed E-state index contributed by atoms with van der Waals surface area (Å²) in [6.45, 7) is 2.61. The number of carbonyl (C=O) groups excluding carboxylic acids is 1. The molecule has 1 aromatic carbocycles. The number of hydrogen-bond acceptors (Lipinski definition) is 4. The Kier molecular flexibility index (Phi) is 4.34. The number of benzene rings is 1. The normalized spacial score (nSPS) is 20.2. The standard InChI is InChI=1S/C20H23FN4O/c1-13-9-18(24-12-23-13)22-11-14-5-6-16-15(10-14)3-2-4-17(16)25-19(26)20(21)7-8-20/h5-6,9-10,12,17H,2-4,7-8,11H2,1H3,(H,25,26)(H,22,23,24). The Labute approximate surface area is 152 Å². The molecule has 1 aromatic heterocycles. The number of nitrogens with zero attached hydrogens (tertiary/aromatic N) is 2. The molecule has 5 nitrogen and oxygen atoms in total. The van der Waals surface area contributed by atoms with Crippen LogP contribution in [0.15, 0.2) is 30.6 Å². The van der Waals surface area contributed by atoms with Crippen LogP contribution in [-0.4, -0.2) is 21.5 Å². The number of anilines is 1. The maximum absolute atomic E-state index is 13.9. The zero-order valence-corrected chi connectivity index (χ0v) is 14.9. The second kappa shape index (κ2) is 6.67. The number of aryl methyl sites for hydroxylation is 2. The Morgan fingerprint density at radius 1 is 1.31 bits per heavy atom. The third-order valence-corrected chi connectivity index (χ3v) is 5.20. The quantitative estimate of drug-likeness (QED) is 0.864. The molecule has 0 radical (unpaired) electrons. The number of carbonyl (C=O) groups is 1. The van der Waals surface area contributed by atoms with Crippen molar-refractivity contribution in [3.05, 3.63) is 53.0 Å². The monoisotopic (exact) mass is 354 g/mol. The number of amides is 1. The zero-order valence-electron chi connectivity index (χ0n) is 14.9. The summed E-state index contributed by atoms with van der Waals surface area (Å²) in [6.07, 6.45) is 5.11. The SMILES string of the molecule is Cc1cc(NCc2ccc3c(c2)CCCC3NC(=O)C2(F)CC2)ncn1. The summed E-state index contributed by atoms with van der Waals surface area (Å²) < 4.78 is 13.9. The molecule has 1 saturated carbocycles. The third kappa shape index (κ3) is 3.54. The van der Waals surface area contributed by atoms with E-state index in [4.69, 9.17) is 0 Å². The Hall–Kier alpha value is -2.50. The van der Waals surface area contributed by atoms with Crippen molar-refractivity contribution in [1.82, 2.24) is 15.3 Å². The summed E-state index contributed by atoms with van der Waals surface area (Å²) in [5.41, 5.74) is 2.83. The van der Waals surface area contributed by atoms with Gasteiger partial charge in [-0.15, -0.1) is 0 Å². The summed E-state index contributed by atoms with van der Waals surface area (Å²) in [5, 5.41) is 6.22. The van der Waals surface area contributed by atoms with Gasteiger partial charge in [-0.2, -0.15) is 0 Å². The van der Waals surface area contributed by atoms with Gasteiger partial charge in [0.05, 0.1) is 6.04 Å². The highest BCUT2D eigenvalue weighted by Gasteiger charge is 2.51. The van der Waals surface area contributed by atoms with Crippen LogP contribution < -0.4 is 10.6 Å². The number of aromatic nitrogens is 2. The topological polar surface area (TPSA) is 66.9 Å². The molecule has 6 heteroatoms. The van der Waals surface area contributed by atoms with Crippen molar-refractivity contribution >= 4 is 11.7 Å². The third-order valence-electron chi connectivity index (χ3n) is 5.20. The summed E-state index contributed by atoms with van der Waals surface area (Å²) in [7, 11) is 0. The summed E-state index contributed by atoms with van der Waals surface area (Å²) in [6, 6.07) is 8.14. The first kappa shape index (κ1) is 16.9. The van der Waals surface area contributed by atoms with Gasteiger partial charge in [-0.3, -0.25) is 4.79 Å². The molecule has 0 bridgehead atoms. The predicted octanol–water partition coefficient (Wildman–Crippen LogP) is 3.39. The smallest absolute Gasteiger partial charge is 0.258 e. The van der Waals surface area contributed by atoms with Gasteiger partial charge in [-0.05, 0) is 55.7 Å². The fraction of sp³-hybridized carbons (Fsp3) is 0.450. The molecule has 2 N–H and O–H groups in total. The second-order valence-electron chi connectivity index (χ2n) is 7.31. The first-order valence-corrected chi connectivity index (χ1v) is 9.18. The molecule has 0 saturated heterocycles. The number of fused-ring (bicyclic) bond motifs is 1. The molecule has 1 amide bonds. The van der Waals surface area contributed by atoms with Gasteiger partial charge in [0, 0.05) is 18.3 Å².